The molecule has 0 atom stereocenters. The Balaban J connectivity index is 4.20. The molecule has 0 heterocycles. The maximum atomic E-state index is 11.0. The molecule has 0 radical (unpaired) electrons. The number of nitrogens with two attached hydrogens (primary N) is 1. The highest BCUT2D eigenvalue weighted by molar-refractivity contribution is 5.77. The second-order valence-electron chi connectivity index (χ2n) is 2.85. The summed E-state index contributed by atoms with van der Waals surface area (Å²) < 4.78 is 4.58. The van der Waals surface area contributed by atoms with Crippen LogP contribution in [0.25, 0.3) is 0 Å². The Morgan fingerprint density at radius 2 is 2.18 bits per heavy atom. The lowest BCUT2D eigenvalue weighted by atomic mass is 9.93. The summed E-state index contributed by atoms with van der Waals surface area (Å²) in [5.41, 5.74) is 4.68. The highest BCUT2D eigenvalue weighted by Gasteiger charge is 2.24. The zero-order valence-corrected chi connectivity index (χ0v) is 7.26. The molecule has 0 saturated carbocycles. The Labute approximate surface area is 67.2 Å². The molecule has 0 aromatic heterocycles. The van der Waals surface area contributed by atoms with Gasteiger partial charge in [-0.05, 0) is 13.8 Å². The van der Waals surface area contributed by atoms with Crippen LogP contribution in [0.2, 0.25) is 0 Å². The van der Waals surface area contributed by atoms with Gasteiger partial charge in [-0.15, -0.1) is 0 Å². The first-order valence-electron chi connectivity index (χ1n) is 3.51. The first-order chi connectivity index (χ1) is 5.04. The third-order valence-corrected chi connectivity index (χ3v) is 1.38. The van der Waals surface area contributed by atoms with Gasteiger partial charge in [-0.2, -0.15) is 0 Å². The third-order valence-electron chi connectivity index (χ3n) is 1.38. The number of ether oxygens (including phenoxy) is 1. The number of rotatable bonds is 3. The zero-order valence-electron chi connectivity index (χ0n) is 7.26. The van der Waals surface area contributed by atoms with E-state index < -0.39 is 5.41 Å². The van der Waals surface area contributed by atoms with E-state index in [1.165, 1.54) is 7.11 Å². The molecule has 0 rings (SSSR count). The van der Waals surface area contributed by atoms with Crippen molar-refractivity contribution < 1.29 is 9.53 Å². The largest absolute Gasteiger partial charge is 0.468 e. The van der Waals surface area contributed by atoms with E-state index >= 15 is 0 Å². The summed E-state index contributed by atoms with van der Waals surface area (Å²) in [4.78, 5) is 11.0. The highest BCUT2D eigenvalue weighted by atomic mass is 16.5. The van der Waals surface area contributed by atoms with Crippen molar-refractivity contribution in [2.75, 3.05) is 13.7 Å². The summed E-state index contributed by atoms with van der Waals surface area (Å²) >= 11 is 0. The van der Waals surface area contributed by atoms with Gasteiger partial charge in [0, 0.05) is 6.54 Å². The van der Waals surface area contributed by atoms with E-state index in [-0.39, 0.29) is 5.97 Å². The molecule has 0 aromatic rings. The summed E-state index contributed by atoms with van der Waals surface area (Å²) in [5.74, 6) is -0.248. The summed E-state index contributed by atoms with van der Waals surface area (Å²) in [7, 11) is 1.38. The average molecular weight is 157 g/mol. The second-order valence-corrected chi connectivity index (χ2v) is 2.85. The van der Waals surface area contributed by atoms with Crippen LogP contribution in [-0.4, -0.2) is 19.6 Å². The van der Waals surface area contributed by atoms with E-state index in [0.29, 0.717) is 6.54 Å². The average Bonchev–Trinajstić information content (AvgIpc) is 1.99. The molecule has 3 nitrogen and oxygen atoms in total. The topological polar surface area (TPSA) is 52.3 Å². The Morgan fingerprint density at radius 1 is 1.64 bits per heavy atom. The normalized spacial score (nSPS) is 12.0. The monoisotopic (exact) mass is 157 g/mol. The summed E-state index contributed by atoms with van der Waals surface area (Å²) in [5, 5.41) is 0. The number of methoxy groups -OCH3 is 1. The SMILES string of the molecule is COC(=O)C(C)(C)/C=C/CN. The molecule has 0 saturated heterocycles. The molecule has 0 aliphatic carbocycles. The summed E-state index contributed by atoms with van der Waals surface area (Å²) in [6.45, 7) is 4.01. The van der Waals surface area contributed by atoms with Crippen molar-refractivity contribution in [2.45, 2.75) is 13.8 Å². The molecule has 0 aromatic carbocycles. The lowest BCUT2D eigenvalue weighted by Gasteiger charge is -2.15. The van der Waals surface area contributed by atoms with Gasteiger partial charge in [0.2, 0.25) is 0 Å². The van der Waals surface area contributed by atoms with Gasteiger partial charge in [-0.3, -0.25) is 4.79 Å². The number of carbonyl (C=O) groups excluding carboxylic acids is 1. The van der Waals surface area contributed by atoms with Crippen molar-refractivity contribution in [1.82, 2.24) is 0 Å². The van der Waals surface area contributed by atoms with Gasteiger partial charge < -0.3 is 10.5 Å². The Kier molecular flexibility index (Phi) is 3.82. The van der Waals surface area contributed by atoms with Crippen LogP contribution in [0.4, 0.5) is 0 Å². The fraction of sp³-hybridized carbons (Fsp3) is 0.625. The van der Waals surface area contributed by atoms with E-state index in [0.717, 1.165) is 0 Å². The van der Waals surface area contributed by atoms with Gasteiger partial charge in [-0.1, -0.05) is 12.2 Å². The fourth-order valence-corrected chi connectivity index (χ4v) is 0.694. The van der Waals surface area contributed by atoms with Crippen LogP contribution in [-0.2, 0) is 9.53 Å². The minimum atomic E-state index is -0.561. The first-order valence-corrected chi connectivity index (χ1v) is 3.51. The van der Waals surface area contributed by atoms with E-state index in [2.05, 4.69) is 4.74 Å². The van der Waals surface area contributed by atoms with E-state index in [4.69, 9.17) is 5.73 Å². The maximum Gasteiger partial charge on any atom is 0.315 e. The van der Waals surface area contributed by atoms with Crippen LogP contribution in [0.5, 0.6) is 0 Å². The van der Waals surface area contributed by atoms with Crippen molar-refractivity contribution >= 4 is 5.97 Å². The number of hydrogen-bond acceptors (Lipinski definition) is 3. The van der Waals surface area contributed by atoms with Gasteiger partial charge in [-0.25, -0.2) is 0 Å². The first kappa shape index (κ1) is 10.2. The van der Waals surface area contributed by atoms with Gasteiger partial charge in [0.25, 0.3) is 0 Å². The van der Waals surface area contributed by atoms with Gasteiger partial charge in [0.15, 0.2) is 0 Å². The van der Waals surface area contributed by atoms with E-state index in [9.17, 15) is 4.79 Å². The molecule has 3 heteroatoms. The Bertz CT molecular complexity index is 161. The summed E-state index contributed by atoms with van der Waals surface area (Å²) in [6.07, 6.45) is 3.50. The van der Waals surface area contributed by atoms with Crippen molar-refractivity contribution in [3.05, 3.63) is 12.2 Å². The predicted octanol–water partition coefficient (Wildman–Crippen LogP) is 0.701. The quantitative estimate of drug-likeness (QED) is 0.484. The zero-order chi connectivity index (χ0) is 8.91. The van der Waals surface area contributed by atoms with Crippen molar-refractivity contribution in [2.24, 2.45) is 11.1 Å². The Hall–Kier alpha value is -0.830. The van der Waals surface area contributed by atoms with E-state index in [1.807, 2.05) is 0 Å². The van der Waals surface area contributed by atoms with Crippen LogP contribution in [0.3, 0.4) is 0 Å². The molecule has 0 spiro atoms. The van der Waals surface area contributed by atoms with Crippen molar-refractivity contribution in [1.29, 1.82) is 0 Å². The standard InChI is InChI=1S/C8H15NO2/c1-8(2,5-4-6-9)7(10)11-3/h4-5H,6,9H2,1-3H3/b5-4+. The molecule has 0 unspecified atom stereocenters. The fourth-order valence-electron chi connectivity index (χ4n) is 0.694. The molecule has 0 bridgehead atoms. The third kappa shape index (κ3) is 3.18. The van der Waals surface area contributed by atoms with Gasteiger partial charge in [0.05, 0.1) is 12.5 Å². The molecular weight excluding hydrogens is 142 g/mol. The van der Waals surface area contributed by atoms with Crippen LogP contribution in [0.15, 0.2) is 12.2 Å². The summed E-state index contributed by atoms with van der Waals surface area (Å²) in [6, 6.07) is 0. The smallest absolute Gasteiger partial charge is 0.315 e. The van der Waals surface area contributed by atoms with Crippen LogP contribution >= 0.6 is 0 Å². The molecule has 11 heavy (non-hydrogen) atoms. The molecule has 0 amide bonds. The van der Waals surface area contributed by atoms with Crippen LogP contribution in [0, 0.1) is 5.41 Å². The number of carbonyl (C=O) groups is 1. The second kappa shape index (κ2) is 4.13. The lowest BCUT2D eigenvalue weighted by molar-refractivity contribution is -0.148. The minimum absolute atomic E-state index is 0.248. The van der Waals surface area contributed by atoms with Gasteiger partial charge >= 0.3 is 5.97 Å². The molecule has 0 aliphatic rings. The van der Waals surface area contributed by atoms with E-state index in [1.54, 1.807) is 26.0 Å². The molecule has 0 aliphatic heterocycles. The van der Waals surface area contributed by atoms with Crippen molar-refractivity contribution in [3.63, 3.8) is 0 Å². The predicted molar refractivity (Wildman–Crippen MR) is 44.0 cm³/mol. The minimum Gasteiger partial charge on any atom is -0.468 e. The van der Waals surface area contributed by atoms with Crippen LogP contribution < -0.4 is 5.73 Å². The number of esters is 1. The molecule has 2 N–H and O–H groups in total. The number of hydrogen-bond donors (Lipinski definition) is 1. The highest BCUT2D eigenvalue weighted by Crippen LogP contribution is 2.18. The lowest BCUT2D eigenvalue weighted by Crippen LogP contribution is -2.23. The van der Waals surface area contributed by atoms with Crippen LogP contribution in [0.1, 0.15) is 13.8 Å². The molecular formula is C8H15NO2. The maximum absolute atomic E-state index is 11.0. The van der Waals surface area contributed by atoms with Crippen molar-refractivity contribution in [3.8, 4) is 0 Å². The van der Waals surface area contributed by atoms with Gasteiger partial charge in [0.1, 0.15) is 0 Å². The molecule has 0 fully saturated rings. The molecule has 64 valence electrons. The Morgan fingerprint density at radius 3 is 2.55 bits per heavy atom.